The zero-order valence-electron chi connectivity index (χ0n) is 11.0. The summed E-state index contributed by atoms with van der Waals surface area (Å²) in [6.45, 7) is 0. The second-order valence-corrected chi connectivity index (χ2v) is 6.55. The number of hydrogen-bond donors (Lipinski definition) is 2. The molecule has 2 aromatic rings. The lowest BCUT2D eigenvalue weighted by Crippen LogP contribution is -2.09. The molecule has 2 rings (SSSR count). The van der Waals surface area contributed by atoms with Gasteiger partial charge in [-0.15, -0.1) is 0 Å². The van der Waals surface area contributed by atoms with Crippen LogP contribution in [0.4, 0.5) is 0 Å². The predicted molar refractivity (Wildman–Crippen MR) is 92.9 cm³/mol. The van der Waals surface area contributed by atoms with Gasteiger partial charge < -0.3 is 10.2 Å². The summed E-state index contributed by atoms with van der Waals surface area (Å²) in [5, 5.41) is 19.5. The number of rotatable bonds is 4. The highest BCUT2D eigenvalue weighted by molar-refractivity contribution is 9.11. The summed E-state index contributed by atoms with van der Waals surface area (Å²) < 4.78 is 0.975. The molecule has 0 bridgehead atoms. The highest BCUT2D eigenvalue weighted by Crippen LogP contribution is 2.33. The molecule has 0 aliphatic carbocycles. The Morgan fingerprint density at radius 1 is 1.18 bits per heavy atom. The van der Waals surface area contributed by atoms with Crippen LogP contribution < -0.4 is 0 Å². The number of hydrogen-bond acceptors (Lipinski definition) is 3. The lowest BCUT2D eigenvalue weighted by atomic mass is 10.1. The van der Waals surface area contributed by atoms with E-state index in [9.17, 15) is 15.0 Å². The molecule has 0 aliphatic rings. The molecule has 0 fully saturated rings. The second kappa shape index (κ2) is 7.26. The lowest BCUT2D eigenvalue weighted by Gasteiger charge is -2.08. The Balaban J connectivity index is 2.32. The SMILES string of the molecule is O=C(O)C(N=Cc1cc(Br)c(O)c(Br)c1)c1ccc(Cl)cc1. The van der Waals surface area contributed by atoms with E-state index in [1.165, 1.54) is 6.21 Å². The summed E-state index contributed by atoms with van der Waals surface area (Å²) >= 11 is 12.2. The molecule has 0 spiro atoms. The Bertz CT molecular complexity index is 709. The van der Waals surface area contributed by atoms with Gasteiger partial charge in [0.1, 0.15) is 5.75 Å². The van der Waals surface area contributed by atoms with Crippen molar-refractivity contribution in [1.82, 2.24) is 0 Å². The van der Waals surface area contributed by atoms with Crippen LogP contribution in [0.15, 0.2) is 50.3 Å². The topological polar surface area (TPSA) is 69.9 Å². The highest BCUT2D eigenvalue weighted by atomic mass is 79.9. The van der Waals surface area contributed by atoms with E-state index in [0.29, 0.717) is 25.1 Å². The smallest absolute Gasteiger partial charge is 0.333 e. The van der Waals surface area contributed by atoms with Crippen molar-refractivity contribution in [2.24, 2.45) is 4.99 Å². The van der Waals surface area contributed by atoms with Crippen molar-refractivity contribution in [3.63, 3.8) is 0 Å². The van der Waals surface area contributed by atoms with Crippen LogP contribution in [0.3, 0.4) is 0 Å². The molecule has 0 aliphatic heterocycles. The van der Waals surface area contributed by atoms with Crippen LogP contribution >= 0.6 is 43.5 Å². The summed E-state index contributed by atoms with van der Waals surface area (Å²) in [5.41, 5.74) is 1.18. The zero-order valence-corrected chi connectivity index (χ0v) is 14.9. The number of halogens is 3. The quantitative estimate of drug-likeness (QED) is 0.661. The van der Waals surface area contributed by atoms with Gasteiger partial charge in [-0.3, -0.25) is 4.99 Å². The Kier molecular flexibility index (Phi) is 5.61. The van der Waals surface area contributed by atoms with Crippen LogP contribution in [0.2, 0.25) is 5.02 Å². The normalized spacial score (nSPS) is 12.5. The monoisotopic (exact) mass is 445 g/mol. The van der Waals surface area contributed by atoms with Crippen molar-refractivity contribution in [2.45, 2.75) is 6.04 Å². The number of aliphatic imine (C=N–C) groups is 1. The molecule has 7 heteroatoms. The minimum atomic E-state index is -1.06. The Labute approximate surface area is 148 Å². The van der Waals surface area contributed by atoms with Gasteiger partial charge >= 0.3 is 5.97 Å². The maximum Gasteiger partial charge on any atom is 0.333 e. The number of aliphatic carboxylic acids is 1. The number of nitrogens with zero attached hydrogens (tertiary/aromatic N) is 1. The Hall–Kier alpha value is -1.37. The molecule has 0 saturated carbocycles. The summed E-state index contributed by atoms with van der Waals surface area (Å²) in [6.07, 6.45) is 1.45. The maximum absolute atomic E-state index is 11.4. The van der Waals surface area contributed by atoms with Gasteiger partial charge in [0.15, 0.2) is 6.04 Å². The van der Waals surface area contributed by atoms with E-state index in [1.807, 2.05) is 0 Å². The van der Waals surface area contributed by atoms with Crippen LogP contribution in [0.5, 0.6) is 5.75 Å². The highest BCUT2D eigenvalue weighted by Gasteiger charge is 2.17. The fourth-order valence-electron chi connectivity index (χ4n) is 1.76. The van der Waals surface area contributed by atoms with Crippen LogP contribution in [-0.4, -0.2) is 22.4 Å². The van der Waals surface area contributed by atoms with Crippen molar-refractivity contribution < 1.29 is 15.0 Å². The first-order valence-electron chi connectivity index (χ1n) is 6.08. The van der Waals surface area contributed by atoms with Gasteiger partial charge in [0.2, 0.25) is 0 Å². The number of benzene rings is 2. The summed E-state index contributed by atoms with van der Waals surface area (Å²) in [5.74, 6) is -0.986. The van der Waals surface area contributed by atoms with E-state index in [0.717, 1.165) is 0 Å². The van der Waals surface area contributed by atoms with Crippen LogP contribution in [0, 0.1) is 0 Å². The van der Waals surface area contributed by atoms with E-state index in [4.69, 9.17) is 11.6 Å². The standard InChI is InChI=1S/C15H10Br2ClNO3/c16-11-5-8(6-12(17)14(11)20)7-19-13(15(21)22)9-1-3-10(18)4-2-9/h1-7,13,20H,(H,21,22). The largest absolute Gasteiger partial charge is 0.506 e. The fraction of sp³-hybridized carbons (Fsp3) is 0.0667. The van der Waals surface area contributed by atoms with E-state index < -0.39 is 12.0 Å². The van der Waals surface area contributed by atoms with Gasteiger partial charge in [-0.1, -0.05) is 23.7 Å². The molecule has 0 saturated heterocycles. The third kappa shape index (κ3) is 4.09. The van der Waals surface area contributed by atoms with Gasteiger partial charge in [-0.25, -0.2) is 4.79 Å². The number of carboxylic acid groups (broad SMARTS) is 1. The van der Waals surface area contributed by atoms with E-state index in [-0.39, 0.29) is 5.75 Å². The van der Waals surface area contributed by atoms with Crippen molar-refractivity contribution in [1.29, 1.82) is 0 Å². The number of carbonyl (C=O) groups is 1. The first-order valence-corrected chi connectivity index (χ1v) is 8.04. The van der Waals surface area contributed by atoms with Crippen molar-refractivity contribution in [3.8, 4) is 5.75 Å². The molecule has 0 amide bonds. The molecular formula is C15H10Br2ClNO3. The molecule has 1 unspecified atom stereocenters. The summed E-state index contributed by atoms with van der Waals surface area (Å²) in [7, 11) is 0. The molecule has 22 heavy (non-hydrogen) atoms. The van der Waals surface area contributed by atoms with Crippen LogP contribution in [0.25, 0.3) is 0 Å². The van der Waals surface area contributed by atoms with E-state index in [2.05, 4.69) is 36.9 Å². The molecule has 4 nitrogen and oxygen atoms in total. The lowest BCUT2D eigenvalue weighted by molar-refractivity contribution is -0.138. The first-order chi connectivity index (χ1) is 10.4. The number of phenolic OH excluding ortho intramolecular Hbond substituents is 1. The van der Waals surface area contributed by atoms with E-state index >= 15 is 0 Å². The van der Waals surface area contributed by atoms with Gasteiger partial charge in [-0.2, -0.15) is 0 Å². The number of carboxylic acids is 1. The predicted octanol–water partition coefficient (Wildman–Crippen LogP) is 4.82. The van der Waals surface area contributed by atoms with Crippen LogP contribution in [-0.2, 0) is 4.79 Å². The van der Waals surface area contributed by atoms with Crippen molar-refractivity contribution in [3.05, 3.63) is 61.5 Å². The first kappa shape index (κ1) is 17.0. The maximum atomic E-state index is 11.4. The van der Waals surface area contributed by atoms with Gasteiger partial charge in [0, 0.05) is 11.2 Å². The number of aromatic hydroxyl groups is 1. The summed E-state index contributed by atoms with van der Waals surface area (Å²) in [6, 6.07) is 8.76. The average molecular weight is 448 g/mol. The van der Waals surface area contributed by atoms with Gasteiger partial charge in [0.25, 0.3) is 0 Å². The Morgan fingerprint density at radius 2 is 1.73 bits per heavy atom. The molecule has 0 heterocycles. The average Bonchev–Trinajstić information content (AvgIpc) is 2.46. The van der Waals surface area contributed by atoms with Crippen LogP contribution in [0.1, 0.15) is 17.2 Å². The zero-order chi connectivity index (χ0) is 16.3. The van der Waals surface area contributed by atoms with Crippen molar-refractivity contribution >= 4 is 55.6 Å². The minimum absolute atomic E-state index is 0.0737. The molecular weight excluding hydrogens is 437 g/mol. The minimum Gasteiger partial charge on any atom is -0.506 e. The third-order valence-electron chi connectivity index (χ3n) is 2.83. The molecule has 114 valence electrons. The Morgan fingerprint density at radius 3 is 2.23 bits per heavy atom. The third-order valence-corrected chi connectivity index (χ3v) is 4.29. The fourth-order valence-corrected chi connectivity index (χ4v) is 3.11. The van der Waals surface area contributed by atoms with Gasteiger partial charge in [0.05, 0.1) is 8.95 Å². The van der Waals surface area contributed by atoms with E-state index in [1.54, 1.807) is 36.4 Å². The van der Waals surface area contributed by atoms with Crippen molar-refractivity contribution in [2.75, 3.05) is 0 Å². The second-order valence-electron chi connectivity index (χ2n) is 4.40. The molecule has 2 N–H and O–H groups in total. The molecule has 1 atom stereocenters. The molecule has 0 aromatic heterocycles. The number of phenols is 1. The molecule has 2 aromatic carbocycles. The van der Waals surface area contributed by atoms with Gasteiger partial charge in [-0.05, 0) is 67.3 Å². The molecule has 0 radical (unpaired) electrons. The summed E-state index contributed by atoms with van der Waals surface area (Å²) in [4.78, 5) is 15.5.